The molecule has 3 N–H and O–H groups in total. The number of benzene rings is 1. The summed E-state index contributed by atoms with van der Waals surface area (Å²) in [5, 5.41) is 11.2. The second-order valence-electron chi connectivity index (χ2n) is 3.85. The second kappa shape index (κ2) is 4.82. The number of nitrogens with two attached hydrogens (primary N) is 1. The van der Waals surface area contributed by atoms with E-state index in [1.807, 2.05) is 0 Å². The van der Waals surface area contributed by atoms with E-state index in [4.69, 9.17) is 5.73 Å². The van der Waals surface area contributed by atoms with Crippen LogP contribution in [0.5, 0.6) is 5.75 Å². The quantitative estimate of drug-likeness (QED) is 0.829. The molecule has 0 amide bonds. The molecule has 0 spiro atoms. The number of alkyl halides is 3. The lowest BCUT2D eigenvalue weighted by atomic mass is 9.97. The maximum atomic E-state index is 13.3. The highest BCUT2D eigenvalue weighted by molar-refractivity contribution is 7.10. The first-order valence-electron chi connectivity index (χ1n) is 5.20. The Morgan fingerprint density at radius 2 is 1.89 bits per heavy atom. The normalized spacial score (nSPS) is 13.5. The van der Waals surface area contributed by atoms with Gasteiger partial charge in [-0.15, -0.1) is 11.3 Å². The SMILES string of the molecule is N[C@@H](c1cccs1)c1c(C(F)(F)F)ccc(F)c1O. The van der Waals surface area contributed by atoms with Gasteiger partial charge in [0, 0.05) is 10.4 Å². The molecule has 2 rings (SSSR count). The van der Waals surface area contributed by atoms with Gasteiger partial charge in [-0.05, 0) is 23.6 Å². The zero-order valence-electron chi connectivity index (χ0n) is 9.41. The van der Waals surface area contributed by atoms with Crippen LogP contribution in [0.25, 0.3) is 0 Å². The fourth-order valence-corrected chi connectivity index (χ4v) is 2.49. The Balaban J connectivity index is 2.63. The summed E-state index contributed by atoms with van der Waals surface area (Å²) in [6.07, 6.45) is -4.71. The third-order valence-electron chi connectivity index (χ3n) is 2.63. The zero-order chi connectivity index (χ0) is 14.2. The van der Waals surface area contributed by atoms with Gasteiger partial charge in [-0.1, -0.05) is 6.07 Å². The van der Waals surface area contributed by atoms with Gasteiger partial charge in [-0.25, -0.2) is 4.39 Å². The van der Waals surface area contributed by atoms with E-state index < -0.39 is 34.9 Å². The monoisotopic (exact) mass is 291 g/mol. The van der Waals surface area contributed by atoms with Crippen molar-refractivity contribution in [3.8, 4) is 5.75 Å². The molecule has 0 aliphatic carbocycles. The van der Waals surface area contributed by atoms with Crippen LogP contribution >= 0.6 is 11.3 Å². The highest BCUT2D eigenvalue weighted by Gasteiger charge is 2.37. The molecule has 1 heterocycles. The van der Waals surface area contributed by atoms with Crippen molar-refractivity contribution in [1.82, 2.24) is 0 Å². The molecule has 7 heteroatoms. The molecule has 1 aromatic carbocycles. The minimum Gasteiger partial charge on any atom is -0.505 e. The van der Waals surface area contributed by atoms with Crippen molar-refractivity contribution in [2.24, 2.45) is 5.73 Å². The minimum atomic E-state index is -4.71. The number of hydrogen-bond donors (Lipinski definition) is 2. The topological polar surface area (TPSA) is 46.2 Å². The van der Waals surface area contributed by atoms with Gasteiger partial charge in [0.15, 0.2) is 11.6 Å². The first-order valence-corrected chi connectivity index (χ1v) is 6.08. The van der Waals surface area contributed by atoms with E-state index >= 15 is 0 Å². The number of halogens is 4. The predicted molar refractivity (Wildman–Crippen MR) is 63.4 cm³/mol. The number of thiophene rings is 1. The Hall–Kier alpha value is -1.60. The molecule has 102 valence electrons. The van der Waals surface area contributed by atoms with Crippen molar-refractivity contribution in [3.63, 3.8) is 0 Å². The lowest BCUT2D eigenvalue weighted by Crippen LogP contribution is -2.18. The Labute approximate surface area is 110 Å². The van der Waals surface area contributed by atoms with Crippen LogP contribution in [0.15, 0.2) is 29.6 Å². The molecular formula is C12H9F4NOS. The highest BCUT2D eigenvalue weighted by atomic mass is 32.1. The van der Waals surface area contributed by atoms with Crippen molar-refractivity contribution in [3.05, 3.63) is 51.5 Å². The summed E-state index contributed by atoms with van der Waals surface area (Å²) in [4.78, 5) is 0.409. The molecule has 1 atom stereocenters. The van der Waals surface area contributed by atoms with Crippen LogP contribution in [0.1, 0.15) is 22.0 Å². The van der Waals surface area contributed by atoms with Gasteiger partial charge in [-0.2, -0.15) is 13.2 Å². The summed E-state index contributed by atoms with van der Waals surface area (Å²) in [6, 6.07) is 3.07. The Morgan fingerprint density at radius 3 is 2.42 bits per heavy atom. The van der Waals surface area contributed by atoms with Crippen molar-refractivity contribution in [1.29, 1.82) is 0 Å². The highest BCUT2D eigenvalue weighted by Crippen LogP contribution is 2.41. The molecule has 0 saturated heterocycles. The number of phenols is 1. The fraction of sp³-hybridized carbons (Fsp3) is 0.167. The average molecular weight is 291 g/mol. The van der Waals surface area contributed by atoms with Crippen molar-refractivity contribution >= 4 is 11.3 Å². The van der Waals surface area contributed by atoms with E-state index in [2.05, 4.69) is 0 Å². The summed E-state index contributed by atoms with van der Waals surface area (Å²) in [5.41, 5.74) is 3.94. The van der Waals surface area contributed by atoms with Crippen molar-refractivity contribution in [2.75, 3.05) is 0 Å². The zero-order valence-corrected chi connectivity index (χ0v) is 10.2. The van der Waals surface area contributed by atoms with Crippen molar-refractivity contribution in [2.45, 2.75) is 12.2 Å². The summed E-state index contributed by atoms with van der Waals surface area (Å²) >= 11 is 1.13. The molecule has 0 aliphatic heterocycles. The maximum Gasteiger partial charge on any atom is 0.416 e. The predicted octanol–water partition coefficient (Wildman–Crippen LogP) is 3.66. The molecular weight excluding hydrogens is 282 g/mol. The third-order valence-corrected chi connectivity index (χ3v) is 3.59. The van der Waals surface area contributed by atoms with E-state index in [9.17, 15) is 22.7 Å². The Bertz CT molecular complexity index is 580. The molecule has 0 saturated carbocycles. The van der Waals surface area contributed by atoms with Gasteiger partial charge in [0.05, 0.1) is 11.6 Å². The average Bonchev–Trinajstić information content (AvgIpc) is 2.83. The molecule has 1 aromatic heterocycles. The molecule has 0 radical (unpaired) electrons. The minimum absolute atomic E-state index is 0.409. The first kappa shape index (κ1) is 13.8. The summed E-state index contributed by atoms with van der Waals surface area (Å²) in [7, 11) is 0. The van der Waals surface area contributed by atoms with Crippen LogP contribution in [0.2, 0.25) is 0 Å². The summed E-state index contributed by atoms with van der Waals surface area (Å²) < 4.78 is 51.9. The number of aromatic hydroxyl groups is 1. The van der Waals surface area contributed by atoms with E-state index in [1.165, 1.54) is 6.07 Å². The van der Waals surface area contributed by atoms with E-state index in [0.29, 0.717) is 17.0 Å². The van der Waals surface area contributed by atoms with Crippen LogP contribution in [-0.4, -0.2) is 5.11 Å². The molecule has 0 bridgehead atoms. The maximum absolute atomic E-state index is 13.3. The summed E-state index contributed by atoms with van der Waals surface area (Å²) in [6.45, 7) is 0. The van der Waals surface area contributed by atoms with Crippen LogP contribution in [0.4, 0.5) is 17.6 Å². The van der Waals surface area contributed by atoms with Crippen LogP contribution in [0.3, 0.4) is 0 Å². The van der Waals surface area contributed by atoms with Crippen LogP contribution in [-0.2, 0) is 6.18 Å². The lowest BCUT2D eigenvalue weighted by Gasteiger charge is -2.19. The van der Waals surface area contributed by atoms with Crippen LogP contribution in [0, 0.1) is 5.82 Å². The van der Waals surface area contributed by atoms with Gasteiger partial charge >= 0.3 is 6.18 Å². The van der Waals surface area contributed by atoms with Gasteiger partial charge in [0.2, 0.25) is 0 Å². The van der Waals surface area contributed by atoms with E-state index in [-0.39, 0.29) is 0 Å². The lowest BCUT2D eigenvalue weighted by molar-refractivity contribution is -0.138. The molecule has 19 heavy (non-hydrogen) atoms. The van der Waals surface area contributed by atoms with E-state index in [0.717, 1.165) is 11.3 Å². The fourth-order valence-electron chi connectivity index (χ4n) is 1.75. The molecule has 2 nitrogen and oxygen atoms in total. The van der Waals surface area contributed by atoms with Gasteiger partial charge < -0.3 is 10.8 Å². The molecule has 2 aromatic rings. The third kappa shape index (κ3) is 2.57. The molecule has 0 unspecified atom stereocenters. The van der Waals surface area contributed by atoms with Crippen molar-refractivity contribution < 1.29 is 22.7 Å². The smallest absolute Gasteiger partial charge is 0.416 e. The number of hydrogen-bond acceptors (Lipinski definition) is 3. The summed E-state index contributed by atoms with van der Waals surface area (Å²) in [5.74, 6) is -2.19. The first-order chi connectivity index (χ1) is 8.82. The van der Waals surface area contributed by atoms with Gasteiger partial charge in [0.1, 0.15) is 0 Å². The standard InChI is InChI=1S/C12H9F4NOS/c13-7-4-3-6(12(14,15)16)9(11(7)18)10(17)8-2-1-5-19-8/h1-5,10,18H,17H2/t10-/m0/s1. The largest absolute Gasteiger partial charge is 0.505 e. The molecule has 0 fully saturated rings. The Kier molecular flexibility index (Phi) is 3.51. The van der Waals surface area contributed by atoms with Gasteiger partial charge in [0.25, 0.3) is 0 Å². The van der Waals surface area contributed by atoms with E-state index in [1.54, 1.807) is 11.4 Å². The van der Waals surface area contributed by atoms with Gasteiger partial charge in [-0.3, -0.25) is 0 Å². The second-order valence-corrected chi connectivity index (χ2v) is 4.83. The Morgan fingerprint density at radius 1 is 1.21 bits per heavy atom. The number of phenolic OH excluding ortho intramolecular Hbond substituents is 1. The van der Waals surface area contributed by atoms with Crippen LogP contribution < -0.4 is 5.73 Å². The molecule has 0 aliphatic rings. The number of rotatable bonds is 2.